The highest BCUT2D eigenvalue weighted by Crippen LogP contribution is 2.35. The minimum absolute atomic E-state index is 0.267. The van der Waals surface area contributed by atoms with E-state index in [1.165, 1.54) is 16.2 Å². The van der Waals surface area contributed by atoms with Crippen LogP contribution < -0.4 is 9.80 Å². The maximum Gasteiger partial charge on any atom is 0.348 e. The van der Waals surface area contributed by atoms with E-state index in [4.69, 9.17) is 4.74 Å². The van der Waals surface area contributed by atoms with Crippen LogP contribution in [0.25, 0.3) is 10.2 Å². The lowest BCUT2D eigenvalue weighted by Crippen LogP contribution is -3.12. The summed E-state index contributed by atoms with van der Waals surface area (Å²) in [7, 11) is 2.21. The number of rotatable bonds is 3. The zero-order valence-corrected chi connectivity index (χ0v) is 14.0. The Balaban J connectivity index is 2.03. The smallest absolute Gasteiger partial charge is 0.348 e. The predicted octanol–water partition coefficient (Wildman–Crippen LogP) is 0.511. The maximum atomic E-state index is 12.1. The van der Waals surface area contributed by atoms with Crippen molar-refractivity contribution in [2.75, 3.05) is 44.7 Å². The molecule has 0 atom stereocenters. The average molecular weight is 321 g/mol. The first-order valence-electron chi connectivity index (χ1n) is 7.59. The summed E-state index contributed by atoms with van der Waals surface area (Å²) >= 11 is 1.39. The van der Waals surface area contributed by atoms with Gasteiger partial charge in [0.2, 0.25) is 0 Å². The van der Waals surface area contributed by atoms with E-state index in [0.29, 0.717) is 11.5 Å². The number of thiophene rings is 1. The lowest BCUT2D eigenvalue weighted by Gasteiger charge is -2.31. The SMILES string of the molecule is CCOC(=O)c1sc2ncnc(N3CC[NH+](C)CC3)c2c1C. The second-order valence-electron chi connectivity index (χ2n) is 5.60. The third kappa shape index (κ3) is 2.66. The fourth-order valence-electron chi connectivity index (χ4n) is 2.78. The molecule has 118 valence electrons. The van der Waals surface area contributed by atoms with Gasteiger partial charge in [-0.25, -0.2) is 14.8 Å². The molecule has 1 saturated heterocycles. The number of nitrogens with zero attached hydrogens (tertiary/aromatic N) is 3. The number of anilines is 1. The van der Waals surface area contributed by atoms with Crippen molar-refractivity contribution in [1.29, 1.82) is 0 Å². The Morgan fingerprint density at radius 2 is 2.14 bits per heavy atom. The first-order valence-corrected chi connectivity index (χ1v) is 8.41. The summed E-state index contributed by atoms with van der Waals surface area (Å²) in [5.41, 5.74) is 0.931. The van der Waals surface area contributed by atoms with Gasteiger partial charge in [-0.3, -0.25) is 0 Å². The molecule has 0 bridgehead atoms. The Morgan fingerprint density at radius 1 is 1.41 bits per heavy atom. The summed E-state index contributed by atoms with van der Waals surface area (Å²) in [6, 6.07) is 0. The van der Waals surface area contributed by atoms with Crippen LogP contribution >= 0.6 is 11.3 Å². The van der Waals surface area contributed by atoms with E-state index in [9.17, 15) is 4.79 Å². The fraction of sp³-hybridized carbons (Fsp3) is 0.533. The highest BCUT2D eigenvalue weighted by Gasteiger charge is 2.25. The number of ether oxygens (including phenoxy) is 1. The molecule has 2 aromatic rings. The molecule has 6 nitrogen and oxygen atoms in total. The van der Waals surface area contributed by atoms with Crippen LogP contribution in [0.4, 0.5) is 5.82 Å². The van der Waals surface area contributed by atoms with Crippen molar-refractivity contribution in [3.8, 4) is 0 Å². The van der Waals surface area contributed by atoms with E-state index >= 15 is 0 Å². The van der Waals surface area contributed by atoms with Crippen LogP contribution in [0.2, 0.25) is 0 Å². The Kier molecular flexibility index (Phi) is 4.26. The largest absolute Gasteiger partial charge is 0.462 e. The van der Waals surface area contributed by atoms with E-state index in [-0.39, 0.29) is 5.97 Å². The van der Waals surface area contributed by atoms with E-state index in [1.54, 1.807) is 6.33 Å². The number of esters is 1. The van der Waals surface area contributed by atoms with Crippen molar-refractivity contribution in [2.24, 2.45) is 0 Å². The Bertz CT molecular complexity index is 692. The second-order valence-corrected chi connectivity index (χ2v) is 6.60. The van der Waals surface area contributed by atoms with E-state index < -0.39 is 0 Å². The molecule has 22 heavy (non-hydrogen) atoms. The van der Waals surface area contributed by atoms with Gasteiger partial charge in [-0.05, 0) is 19.4 Å². The average Bonchev–Trinajstić information content (AvgIpc) is 2.86. The maximum absolute atomic E-state index is 12.1. The molecule has 0 aromatic carbocycles. The van der Waals surface area contributed by atoms with Crippen LogP contribution in [0, 0.1) is 6.92 Å². The third-order valence-electron chi connectivity index (χ3n) is 4.08. The van der Waals surface area contributed by atoms with Gasteiger partial charge in [-0.15, -0.1) is 11.3 Å². The number of carbonyl (C=O) groups is 1. The van der Waals surface area contributed by atoms with E-state index in [2.05, 4.69) is 21.9 Å². The van der Waals surface area contributed by atoms with Crippen LogP contribution in [-0.4, -0.2) is 55.8 Å². The molecule has 1 aliphatic rings. The summed E-state index contributed by atoms with van der Waals surface area (Å²) in [4.78, 5) is 26.3. The molecule has 1 aliphatic heterocycles. The number of carbonyl (C=O) groups excluding carboxylic acids is 1. The molecular weight excluding hydrogens is 300 g/mol. The molecule has 0 unspecified atom stereocenters. The van der Waals surface area contributed by atoms with Gasteiger partial charge in [0.15, 0.2) is 0 Å². The number of aryl methyl sites for hydroxylation is 1. The minimum atomic E-state index is -0.267. The van der Waals surface area contributed by atoms with Gasteiger partial charge in [0, 0.05) is 0 Å². The monoisotopic (exact) mass is 321 g/mol. The molecule has 0 saturated carbocycles. The van der Waals surface area contributed by atoms with Crippen LogP contribution in [0.1, 0.15) is 22.2 Å². The van der Waals surface area contributed by atoms with Crippen molar-refractivity contribution in [1.82, 2.24) is 9.97 Å². The number of quaternary nitrogens is 1. The van der Waals surface area contributed by atoms with Crippen LogP contribution in [0.5, 0.6) is 0 Å². The molecule has 3 rings (SSSR count). The summed E-state index contributed by atoms with van der Waals surface area (Å²) in [5.74, 6) is 0.679. The van der Waals surface area contributed by atoms with Crippen molar-refractivity contribution in [2.45, 2.75) is 13.8 Å². The molecule has 1 fully saturated rings. The van der Waals surface area contributed by atoms with Gasteiger partial charge in [0.05, 0.1) is 45.2 Å². The molecule has 0 aliphatic carbocycles. The van der Waals surface area contributed by atoms with Gasteiger partial charge >= 0.3 is 5.97 Å². The van der Waals surface area contributed by atoms with Crippen molar-refractivity contribution in [3.05, 3.63) is 16.8 Å². The summed E-state index contributed by atoms with van der Waals surface area (Å²) < 4.78 is 5.14. The van der Waals surface area contributed by atoms with Crippen LogP contribution in [0.15, 0.2) is 6.33 Å². The van der Waals surface area contributed by atoms with Gasteiger partial charge in [-0.1, -0.05) is 0 Å². The number of fused-ring (bicyclic) bond motifs is 1. The fourth-order valence-corrected chi connectivity index (χ4v) is 3.82. The normalized spacial score (nSPS) is 16.2. The topological polar surface area (TPSA) is 59.8 Å². The number of nitrogens with one attached hydrogen (secondary N) is 1. The number of hydrogen-bond donors (Lipinski definition) is 1. The third-order valence-corrected chi connectivity index (χ3v) is 5.26. The van der Waals surface area contributed by atoms with E-state index in [0.717, 1.165) is 47.8 Å². The van der Waals surface area contributed by atoms with Crippen molar-refractivity contribution >= 4 is 33.3 Å². The zero-order chi connectivity index (χ0) is 15.7. The van der Waals surface area contributed by atoms with Gasteiger partial charge < -0.3 is 14.5 Å². The number of likely N-dealkylation sites (N-methyl/N-ethyl adjacent to an activating group) is 1. The Labute approximate surface area is 133 Å². The molecule has 0 radical (unpaired) electrons. The summed E-state index contributed by atoms with van der Waals surface area (Å²) in [5, 5.41) is 0.995. The summed E-state index contributed by atoms with van der Waals surface area (Å²) in [6.07, 6.45) is 1.59. The number of piperazine rings is 1. The number of hydrogen-bond acceptors (Lipinski definition) is 6. The van der Waals surface area contributed by atoms with Crippen LogP contribution in [-0.2, 0) is 4.74 Å². The van der Waals surface area contributed by atoms with Crippen LogP contribution in [0.3, 0.4) is 0 Å². The van der Waals surface area contributed by atoms with Gasteiger partial charge in [0.1, 0.15) is 21.9 Å². The van der Waals surface area contributed by atoms with Crippen molar-refractivity contribution < 1.29 is 14.4 Å². The van der Waals surface area contributed by atoms with E-state index in [1.807, 2.05) is 13.8 Å². The molecular formula is C15H21N4O2S+. The Morgan fingerprint density at radius 3 is 2.82 bits per heavy atom. The van der Waals surface area contributed by atoms with Gasteiger partial charge in [0.25, 0.3) is 0 Å². The zero-order valence-electron chi connectivity index (χ0n) is 13.2. The molecule has 0 spiro atoms. The standard InChI is InChI=1S/C15H20N4O2S/c1-4-21-15(20)12-10(2)11-13(16-9-17-14(11)22-12)19-7-5-18(3)6-8-19/h9H,4-8H2,1-3H3/p+1. The lowest BCUT2D eigenvalue weighted by atomic mass is 10.2. The molecule has 7 heteroatoms. The first-order chi connectivity index (χ1) is 10.6. The molecule has 0 amide bonds. The first kappa shape index (κ1) is 15.2. The quantitative estimate of drug-likeness (QED) is 0.835. The highest BCUT2D eigenvalue weighted by atomic mass is 32.1. The predicted molar refractivity (Wildman–Crippen MR) is 86.9 cm³/mol. The van der Waals surface area contributed by atoms with Crippen molar-refractivity contribution in [3.63, 3.8) is 0 Å². The molecule has 1 N–H and O–H groups in total. The highest BCUT2D eigenvalue weighted by molar-refractivity contribution is 7.20. The Hall–Kier alpha value is -1.73. The second kappa shape index (κ2) is 6.18. The molecule has 2 aromatic heterocycles. The molecule has 3 heterocycles. The van der Waals surface area contributed by atoms with Gasteiger partial charge in [-0.2, -0.15) is 0 Å². The minimum Gasteiger partial charge on any atom is -0.462 e. The summed E-state index contributed by atoms with van der Waals surface area (Å²) in [6.45, 7) is 8.30. The number of aromatic nitrogens is 2. The lowest BCUT2D eigenvalue weighted by molar-refractivity contribution is -0.880.